The Morgan fingerprint density at radius 2 is 2.03 bits per heavy atom. The van der Waals surface area contributed by atoms with Gasteiger partial charge in [-0.05, 0) is 26.3 Å². The summed E-state index contributed by atoms with van der Waals surface area (Å²) in [6, 6.07) is 3.02. The number of aromatic nitrogens is 4. The molecule has 0 saturated heterocycles. The lowest BCUT2D eigenvalue weighted by atomic mass is 10.0. The van der Waals surface area contributed by atoms with Crippen LogP contribution in [0.1, 0.15) is 37.6 Å². The van der Waals surface area contributed by atoms with Gasteiger partial charge in [0.15, 0.2) is 11.5 Å². The highest BCUT2D eigenvalue weighted by Crippen LogP contribution is 2.23. The maximum Gasteiger partial charge on any atom is 0.255 e. The van der Waals surface area contributed by atoms with E-state index in [0.29, 0.717) is 28.6 Å². The fraction of sp³-hybridized carbons (Fsp3) is 0.429. The minimum Gasteiger partial charge on any atom is -0.394 e. The summed E-state index contributed by atoms with van der Waals surface area (Å²) in [5.41, 5.74) is -0.497. The van der Waals surface area contributed by atoms with Crippen LogP contribution in [0.3, 0.4) is 0 Å². The highest BCUT2D eigenvalue weighted by Gasteiger charge is 2.27. The number of nitrogens with zero attached hydrogens (tertiary/aromatic N) is 4. The molecule has 11 heteroatoms. The zero-order chi connectivity index (χ0) is 23.5. The average Bonchev–Trinajstić information content (AvgIpc) is 3.17. The Morgan fingerprint density at radius 1 is 1.28 bits per heavy atom. The van der Waals surface area contributed by atoms with E-state index in [-0.39, 0.29) is 24.8 Å². The molecular formula is C21H26ClFN6O3. The summed E-state index contributed by atoms with van der Waals surface area (Å²) in [6.45, 7) is 4.04. The molecule has 0 aliphatic carbocycles. The van der Waals surface area contributed by atoms with Crippen LogP contribution < -0.4 is 10.6 Å². The summed E-state index contributed by atoms with van der Waals surface area (Å²) in [4.78, 5) is 21.4. The van der Waals surface area contributed by atoms with Crippen molar-refractivity contribution in [2.75, 3.05) is 18.5 Å². The third kappa shape index (κ3) is 5.32. The predicted molar refractivity (Wildman–Crippen MR) is 120 cm³/mol. The summed E-state index contributed by atoms with van der Waals surface area (Å²) in [6.07, 6.45) is 3.40. The van der Waals surface area contributed by atoms with Crippen LogP contribution in [0.2, 0.25) is 5.02 Å². The normalized spacial score (nSPS) is 13.7. The Balaban J connectivity index is 1.95. The van der Waals surface area contributed by atoms with Crippen LogP contribution >= 0.6 is 11.6 Å². The summed E-state index contributed by atoms with van der Waals surface area (Å²) in [5, 5.41) is 30.5. The van der Waals surface area contributed by atoms with Gasteiger partial charge in [0.2, 0.25) is 0 Å². The Hall–Kier alpha value is -2.82. The summed E-state index contributed by atoms with van der Waals surface area (Å²) in [7, 11) is 0. The van der Waals surface area contributed by atoms with E-state index in [1.807, 2.05) is 6.92 Å². The predicted octanol–water partition coefficient (Wildman–Crippen LogP) is 2.49. The number of nitrogens with one attached hydrogen (secondary N) is 2. The second-order valence-corrected chi connectivity index (χ2v) is 8.41. The first-order chi connectivity index (χ1) is 15.1. The molecule has 3 rings (SSSR count). The smallest absolute Gasteiger partial charge is 0.255 e. The molecule has 32 heavy (non-hydrogen) atoms. The number of aliphatic hydroxyl groups is 2. The quantitative estimate of drug-likeness (QED) is 0.383. The van der Waals surface area contributed by atoms with Crippen molar-refractivity contribution < 1.29 is 19.4 Å². The highest BCUT2D eigenvalue weighted by molar-refractivity contribution is 6.31. The van der Waals surface area contributed by atoms with Crippen LogP contribution in [0, 0.1) is 0 Å². The van der Waals surface area contributed by atoms with Crippen molar-refractivity contribution in [2.24, 2.45) is 0 Å². The Morgan fingerprint density at radius 3 is 2.69 bits per heavy atom. The lowest BCUT2D eigenvalue weighted by Gasteiger charge is -2.23. The van der Waals surface area contributed by atoms with Gasteiger partial charge in [0.25, 0.3) is 5.91 Å². The van der Waals surface area contributed by atoms with Gasteiger partial charge in [-0.1, -0.05) is 18.5 Å². The topological polar surface area (TPSA) is 125 Å². The van der Waals surface area contributed by atoms with E-state index in [4.69, 9.17) is 11.6 Å². The van der Waals surface area contributed by atoms with Crippen LogP contribution in [-0.2, 0) is 0 Å². The molecule has 3 aromatic heterocycles. The summed E-state index contributed by atoms with van der Waals surface area (Å²) >= 11 is 5.99. The molecule has 4 N–H and O–H groups in total. The van der Waals surface area contributed by atoms with Crippen molar-refractivity contribution >= 4 is 34.2 Å². The Kier molecular flexibility index (Phi) is 7.27. The maximum atomic E-state index is 14.1. The molecule has 0 fully saturated rings. The highest BCUT2D eigenvalue weighted by atomic mass is 35.5. The molecule has 1 amide bonds. The van der Waals surface area contributed by atoms with Gasteiger partial charge in [-0.3, -0.25) is 4.79 Å². The Labute approximate surface area is 189 Å². The number of aliphatic hydroxyl groups excluding tert-OH is 1. The van der Waals surface area contributed by atoms with Gasteiger partial charge in [-0.2, -0.15) is 9.78 Å². The van der Waals surface area contributed by atoms with Crippen LogP contribution in [0.4, 0.5) is 10.1 Å². The van der Waals surface area contributed by atoms with E-state index in [1.54, 1.807) is 18.3 Å². The van der Waals surface area contributed by atoms with E-state index in [9.17, 15) is 19.4 Å². The number of halogens is 2. The molecule has 172 valence electrons. The number of carbonyl (C=O) groups is 1. The van der Waals surface area contributed by atoms with Gasteiger partial charge in [0, 0.05) is 29.9 Å². The van der Waals surface area contributed by atoms with E-state index in [1.165, 1.54) is 30.9 Å². The number of hydrogen-bond donors (Lipinski definition) is 4. The second-order valence-electron chi connectivity index (χ2n) is 7.97. The molecule has 0 spiro atoms. The fourth-order valence-corrected chi connectivity index (χ4v) is 3.11. The zero-order valence-electron chi connectivity index (χ0n) is 18.0. The molecule has 0 aliphatic heterocycles. The van der Waals surface area contributed by atoms with Gasteiger partial charge < -0.3 is 20.8 Å². The largest absolute Gasteiger partial charge is 0.394 e. The van der Waals surface area contributed by atoms with Gasteiger partial charge >= 0.3 is 0 Å². The first kappa shape index (κ1) is 23.8. The third-order valence-corrected chi connectivity index (χ3v) is 5.21. The van der Waals surface area contributed by atoms with Crippen LogP contribution in [0.15, 0.2) is 30.7 Å². The van der Waals surface area contributed by atoms with Crippen molar-refractivity contribution in [3.05, 3.63) is 41.3 Å². The van der Waals surface area contributed by atoms with Crippen molar-refractivity contribution in [1.82, 2.24) is 25.1 Å². The zero-order valence-corrected chi connectivity index (χ0v) is 18.8. The second kappa shape index (κ2) is 9.76. The molecule has 2 atom stereocenters. The number of pyridine rings is 2. The van der Waals surface area contributed by atoms with Crippen LogP contribution in [0.5, 0.6) is 0 Å². The minimum atomic E-state index is -1.65. The van der Waals surface area contributed by atoms with E-state index in [2.05, 4.69) is 25.7 Å². The number of fused-ring (bicyclic) bond motifs is 1. The van der Waals surface area contributed by atoms with Crippen molar-refractivity contribution in [3.63, 3.8) is 0 Å². The molecule has 9 nitrogen and oxygen atoms in total. The molecule has 0 aliphatic rings. The molecule has 0 radical (unpaired) electrons. The first-order valence-electron chi connectivity index (χ1n) is 10.2. The first-order valence-corrected chi connectivity index (χ1v) is 10.5. The third-order valence-electron chi connectivity index (χ3n) is 5.01. The minimum absolute atomic E-state index is 0.148. The molecular weight excluding hydrogens is 439 g/mol. The Bertz CT molecular complexity index is 1100. The molecule has 2 unspecified atom stereocenters. The molecule has 0 saturated carbocycles. The molecule has 0 bridgehead atoms. The number of alkyl halides is 1. The van der Waals surface area contributed by atoms with Crippen molar-refractivity contribution in [1.29, 1.82) is 0 Å². The SMILES string of the molecule is CCC(CO)Nc1cc(-n2ncc3cc(Cl)cnc32)ncc1C(=O)NCC(F)C(C)(C)O. The number of carbonyl (C=O) groups excluding carboxylic acids is 1. The van der Waals surface area contributed by atoms with Crippen LogP contribution in [0.25, 0.3) is 16.9 Å². The monoisotopic (exact) mass is 464 g/mol. The van der Waals surface area contributed by atoms with E-state index in [0.717, 1.165) is 5.39 Å². The van der Waals surface area contributed by atoms with Gasteiger partial charge in [-0.15, -0.1) is 0 Å². The number of amides is 1. The lowest BCUT2D eigenvalue weighted by molar-refractivity contribution is -0.00177. The van der Waals surface area contributed by atoms with Crippen LogP contribution in [-0.4, -0.2) is 66.8 Å². The molecule has 0 aromatic carbocycles. The number of anilines is 1. The molecule has 3 aromatic rings. The number of hydrogen-bond acceptors (Lipinski definition) is 7. The van der Waals surface area contributed by atoms with E-state index >= 15 is 0 Å². The van der Waals surface area contributed by atoms with Gasteiger partial charge in [0.1, 0.15) is 6.17 Å². The fourth-order valence-electron chi connectivity index (χ4n) is 2.95. The van der Waals surface area contributed by atoms with Crippen molar-refractivity contribution in [2.45, 2.75) is 45.0 Å². The summed E-state index contributed by atoms with van der Waals surface area (Å²) in [5.74, 6) is -0.178. The maximum absolute atomic E-state index is 14.1. The standard InChI is InChI=1S/C21H26ClFN6O3/c1-4-14(11-30)28-16-6-18(29-19-12(7-27-29)5-13(22)8-25-19)24-9-15(16)20(31)26-10-17(23)21(2,3)32/h5-9,14,17,30,32H,4,10-11H2,1-3H3,(H,24,28)(H,26,31). The average molecular weight is 465 g/mol. The molecule has 3 heterocycles. The van der Waals surface area contributed by atoms with E-state index < -0.39 is 17.7 Å². The van der Waals surface area contributed by atoms with Gasteiger partial charge in [0.05, 0.1) is 41.2 Å². The van der Waals surface area contributed by atoms with Gasteiger partial charge in [-0.25, -0.2) is 14.4 Å². The lowest BCUT2D eigenvalue weighted by Crippen LogP contribution is -2.42. The number of rotatable bonds is 9. The summed E-state index contributed by atoms with van der Waals surface area (Å²) < 4.78 is 15.6. The van der Waals surface area contributed by atoms with Crippen molar-refractivity contribution in [3.8, 4) is 5.82 Å².